The molecular formula is C31H37Cl2NO5S. The highest BCUT2D eigenvalue weighted by Crippen LogP contribution is 2.55. The first-order chi connectivity index (χ1) is 19.0. The van der Waals surface area contributed by atoms with Crippen LogP contribution < -0.4 is 0 Å². The Balaban J connectivity index is 1.69. The van der Waals surface area contributed by atoms with Crippen LogP contribution in [0.5, 0.6) is 0 Å². The van der Waals surface area contributed by atoms with E-state index in [4.69, 9.17) is 23.2 Å². The number of carbonyl (C=O) groups excluding carboxylic acids is 1. The van der Waals surface area contributed by atoms with E-state index in [1.807, 2.05) is 37.3 Å². The molecule has 0 radical (unpaired) electrons. The summed E-state index contributed by atoms with van der Waals surface area (Å²) in [5, 5.41) is 10.7. The van der Waals surface area contributed by atoms with Gasteiger partial charge < -0.3 is 10.0 Å². The minimum Gasteiger partial charge on any atom is -0.481 e. The summed E-state index contributed by atoms with van der Waals surface area (Å²) in [5.74, 6) is -1.60. The maximum atomic E-state index is 14.7. The topological polar surface area (TPSA) is 91.8 Å². The zero-order valence-corrected chi connectivity index (χ0v) is 25.1. The lowest BCUT2D eigenvalue weighted by molar-refractivity contribution is -0.162. The number of rotatable bonds is 10. The zero-order valence-electron chi connectivity index (χ0n) is 22.8. The predicted molar refractivity (Wildman–Crippen MR) is 157 cm³/mol. The summed E-state index contributed by atoms with van der Waals surface area (Å²) in [6.45, 7) is 1.86. The quantitative estimate of drug-likeness (QED) is 0.313. The first kappa shape index (κ1) is 29.4. The molecule has 1 heterocycles. The lowest BCUT2D eigenvalue weighted by Gasteiger charge is -2.53. The Labute approximate surface area is 247 Å². The van der Waals surface area contributed by atoms with Gasteiger partial charge in [0.25, 0.3) is 0 Å². The van der Waals surface area contributed by atoms with Gasteiger partial charge in [0.1, 0.15) is 0 Å². The van der Waals surface area contributed by atoms with E-state index in [0.29, 0.717) is 35.7 Å². The van der Waals surface area contributed by atoms with Crippen molar-refractivity contribution in [1.82, 2.24) is 4.90 Å². The first-order valence-corrected chi connectivity index (χ1v) is 16.8. The highest BCUT2D eigenvalue weighted by Gasteiger charge is 2.56. The molecule has 5 rings (SSSR count). The minimum absolute atomic E-state index is 0.0624. The smallest absolute Gasteiger partial charge is 0.304 e. The zero-order chi connectivity index (χ0) is 28.7. The second kappa shape index (κ2) is 11.7. The van der Waals surface area contributed by atoms with E-state index < -0.39 is 33.3 Å². The van der Waals surface area contributed by atoms with E-state index in [2.05, 4.69) is 0 Å². The number of carbonyl (C=O) groups is 2. The van der Waals surface area contributed by atoms with Gasteiger partial charge in [0.05, 0.1) is 28.9 Å². The van der Waals surface area contributed by atoms with E-state index in [-0.39, 0.29) is 35.2 Å². The van der Waals surface area contributed by atoms with Gasteiger partial charge in [-0.15, -0.1) is 0 Å². The van der Waals surface area contributed by atoms with Crippen molar-refractivity contribution in [2.75, 3.05) is 5.75 Å². The summed E-state index contributed by atoms with van der Waals surface area (Å²) in [5.41, 5.74) is 0.597. The number of piperidine rings is 1. The standard InChI is InChI=1S/C31H37Cl2NO5S/c1-2-31(18-28(35)36)17-26(22-6-5-7-24(33)16-22)29(21-12-14-23(32)15-13-21)34(30(31)37)27(20-10-11-20)19-40(38,39)25-8-3-4-9-25/h5-7,12-16,20,25-27,29H,2-4,8-11,17-19H2,1H3,(H,35,36)/t26-,27?,29-,31-/m1/s1. The van der Waals surface area contributed by atoms with Gasteiger partial charge in [-0.05, 0) is 79.8 Å². The van der Waals surface area contributed by atoms with Crippen molar-refractivity contribution in [1.29, 1.82) is 0 Å². The van der Waals surface area contributed by atoms with E-state index >= 15 is 0 Å². The lowest BCUT2D eigenvalue weighted by atomic mass is 9.65. The molecule has 1 aliphatic heterocycles. The molecular weight excluding hydrogens is 569 g/mol. The average Bonchev–Trinajstić information content (AvgIpc) is 3.60. The highest BCUT2D eigenvalue weighted by atomic mass is 35.5. The molecule has 2 aromatic rings. The summed E-state index contributed by atoms with van der Waals surface area (Å²) in [4.78, 5) is 28.7. The Hall–Kier alpha value is -2.09. The second-order valence-electron chi connectivity index (χ2n) is 11.9. The molecule has 1 saturated heterocycles. The molecule has 1 N–H and O–H groups in total. The minimum atomic E-state index is -3.46. The maximum absolute atomic E-state index is 14.7. The van der Waals surface area contributed by atoms with Gasteiger partial charge in [0, 0.05) is 22.0 Å². The average molecular weight is 607 g/mol. The van der Waals surface area contributed by atoms with Crippen molar-refractivity contribution >= 4 is 44.9 Å². The number of amides is 1. The van der Waals surface area contributed by atoms with Gasteiger partial charge in [0.2, 0.25) is 5.91 Å². The van der Waals surface area contributed by atoms with Crippen LogP contribution in [-0.2, 0) is 19.4 Å². The molecule has 0 spiro atoms. The van der Waals surface area contributed by atoms with Crippen LogP contribution in [0.1, 0.15) is 87.8 Å². The molecule has 3 aliphatic rings. The Bertz CT molecular complexity index is 1350. The summed E-state index contributed by atoms with van der Waals surface area (Å²) in [6.07, 6.45) is 5.19. The second-order valence-corrected chi connectivity index (χ2v) is 15.1. The van der Waals surface area contributed by atoms with E-state index in [9.17, 15) is 23.1 Å². The molecule has 4 atom stereocenters. The number of hydrogen-bond donors (Lipinski definition) is 1. The van der Waals surface area contributed by atoms with Crippen molar-refractivity contribution in [2.24, 2.45) is 11.3 Å². The molecule has 9 heteroatoms. The van der Waals surface area contributed by atoms with Crippen molar-refractivity contribution in [3.63, 3.8) is 0 Å². The first-order valence-electron chi connectivity index (χ1n) is 14.3. The van der Waals surface area contributed by atoms with Gasteiger partial charge in [-0.3, -0.25) is 9.59 Å². The molecule has 216 valence electrons. The number of sulfone groups is 1. The number of benzene rings is 2. The summed E-state index contributed by atoms with van der Waals surface area (Å²) in [7, 11) is -3.46. The number of nitrogens with zero attached hydrogens (tertiary/aromatic N) is 1. The third-order valence-electron chi connectivity index (χ3n) is 9.37. The maximum Gasteiger partial charge on any atom is 0.304 e. The fourth-order valence-corrected chi connectivity index (χ4v) is 9.62. The van der Waals surface area contributed by atoms with Crippen molar-refractivity contribution in [2.45, 2.75) is 88.0 Å². The fraction of sp³-hybridized carbons (Fsp3) is 0.548. The molecule has 6 nitrogen and oxygen atoms in total. The van der Waals surface area contributed by atoms with E-state index in [1.54, 1.807) is 23.1 Å². The Morgan fingerprint density at radius 1 is 1.02 bits per heavy atom. The normalized spacial score (nSPS) is 26.7. The van der Waals surface area contributed by atoms with Crippen molar-refractivity contribution in [3.8, 4) is 0 Å². The van der Waals surface area contributed by atoms with Crippen LogP contribution in [0.4, 0.5) is 0 Å². The SMILES string of the molecule is CC[C@]1(CC(=O)O)C[C@H](c2cccc(Cl)c2)[C@@H](c2ccc(Cl)cc2)N(C(CS(=O)(=O)C2CCCC2)C2CC2)C1=O. The summed E-state index contributed by atoms with van der Waals surface area (Å²) in [6, 6.07) is 13.9. The predicted octanol–water partition coefficient (Wildman–Crippen LogP) is 7.06. The molecule has 40 heavy (non-hydrogen) atoms. The van der Waals surface area contributed by atoms with Crippen LogP contribution in [-0.4, -0.2) is 47.3 Å². The number of likely N-dealkylation sites (tertiary alicyclic amines) is 1. The van der Waals surface area contributed by atoms with Gasteiger partial charge >= 0.3 is 5.97 Å². The molecule has 2 aliphatic carbocycles. The summed E-state index contributed by atoms with van der Waals surface area (Å²) < 4.78 is 27.5. The molecule has 1 amide bonds. The summed E-state index contributed by atoms with van der Waals surface area (Å²) >= 11 is 12.7. The third kappa shape index (κ3) is 5.93. The number of carboxylic acids is 1. The molecule has 0 bridgehead atoms. The molecule has 0 aromatic heterocycles. The van der Waals surface area contributed by atoms with Crippen LogP contribution >= 0.6 is 23.2 Å². The van der Waals surface area contributed by atoms with Gasteiger partial charge in [0.15, 0.2) is 9.84 Å². The van der Waals surface area contributed by atoms with Gasteiger partial charge in [-0.2, -0.15) is 0 Å². The number of halogens is 2. The fourth-order valence-electron chi connectivity index (χ4n) is 7.06. The lowest BCUT2D eigenvalue weighted by Crippen LogP contribution is -2.59. The van der Waals surface area contributed by atoms with Crippen LogP contribution in [0.25, 0.3) is 0 Å². The van der Waals surface area contributed by atoms with Crippen LogP contribution in [0.2, 0.25) is 10.0 Å². The van der Waals surface area contributed by atoms with Crippen molar-refractivity contribution < 1.29 is 23.1 Å². The van der Waals surface area contributed by atoms with E-state index in [0.717, 1.165) is 36.8 Å². The largest absolute Gasteiger partial charge is 0.481 e. The highest BCUT2D eigenvalue weighted by molar-refractivity contribution is 7.92. The molecule has 2 aromatic carbocycles. The van der Waals surface area contributed by atoms with Crippen LogP contribution in [0.3, 0.4) is 0 Å². The number of carboxylic acid groups (broad SMARTS) is 1. The van der Waals surface area contributed by atoms with Gasteiger partial charge in [-0.25, -0.2) is 8.42 Å². The van der Waals surface area contributed by atoms with E-state index in [1.165, 1.54) is 0 Å². The Morgan fingerprint density at radius 3 is 2.27 bits per heavy atom. The molecule has 1 unspecified atom stereocenters. The van der Waals surface area contributed by atoms with Crippen molar-refractivity contribution in [3.05, 3.63) is 69.7 Å². The monoisotopic (exact) mass is 605 g/mol. The molecule has 3 fully saturated rings. The van der Waals surface area contributed by atoms with Gasteiger partial charge in [-0.1, -0.05) is 67.2 Å². The Morgan fingerprint density at radius 2 is 1.70 bits per heavy atom. The Kier molecular flexibility index (Phi) is 8.57. The van der Waals surface area contributed by atoms with Crippen LogP contribution in [0, 0.1) is 11.3 Å². The third-order valence-corrected chi connectivity index (χ3v) is 12.2. The number of aliphatic carboxylic acids is 1. The number of hydrogen-bond acceptors (Lipinski definition) is 4. The van der Waals surface area contributed by atoms with Crippen LogP contribution in [0.15, 0.2) is 48.5 Å². The molecule has 2 saturated carbocycles.